The molecule has 21 heteroatoms. The van der Waals surface area contributed by atoms with Crippen LogP contribution in [0.15, 0.2) is 0 Å². The Morgan fingerprint density at radius 3 is 1.91 bits per heavy atom. The van der Waals surface area contributed by atoms with Crippen molar-refractivity contribution in [3.05, 3.63) is 0 Å². The normalized spacial score (nSPS) is 20.9. The van der Waals surface area contributed by atoms with Crippen molar-refractivity contribution < 1.29 is 68.7 Å². The Balaban J connectivity index is 1.87. The molecule has 2 fully saturated rings. The zero-order chi connectivity index (χ0) is 42.8. The molecule has 2 saturated heterocycles. The number of aliphatic hydroxyl groups excluding tert-OH is 5. The summed E-state index contributed by atoms with van der Waals surface area (Å²) in [5.74, 6) is -9.04. The monoisotopic (exact) mass is 830 g/mol. The molecule has 20 nitrogen and oxygen atoms in total. The highest BCUT2D eigenvalue weighted by Crippen LogP contribution is 2.33. The molecule has 0 radical (unpaired) electrons. The molecule has 0 aromatic heterocycles. The van der Waals surface area contributed by atoms with Crippen molar-refractivity contribution in [1.29, 1.82) is 0 Å². The predicted molar refractivity (Wildman–Crippen MR) is 203 cm³/mol. The van der Waals surface area contributed by atoms with Crippen LogP contribution in [-0.2, 0) is 38.4 Å². The van der Waals surface area contributed by atoms with Crippen LogP contribution in [0.2, 0.25) is 0 Å². The minimum absolute atomic E-state index is 0.0532. The van der Waals surface area contributed by atoms with E-state index in [-0.39, 0.29) is 54.8 Å². The smallest absolute Gasteiger partial charge is 0.315 e. The van der Waals surface area contributed by atoms with Crippen LogP contribution in [0.5, 0.6) is 0 Å². The lowest BCUT2D eigenvalue weighted by molar-refractivity contribution is -0.138. The van der Waals surface area contributed by atoms with Gasteiger partial charge >= 0.3 is 6.03 Å². The quantitative estimate of drug-likeness (QED) is 0.0268. The van der Waals surface area contributed by atoms with Gasteiger partial charge < -0.3 is 57.4 Å². The Morgan fingerprint density at radius 1 is 0.719 bits per heavy atom. The van der Waals surface area contributed by atoms with E-state index in [0.29, 0.717) is 6.42 Å². The average molecular weight is 831 g/mol. The van der Waals surface area contributed by atoms with Gasteiger partial charge in [0.05, 0.1) is 68.4 Å². The summed E-state index contributed by atoms with van der Waals surface area (Å²) in [6.45, 7) is -0.828. The van der Waals surface area contributed by atoms with Crippen LogP contribution in [0.4, 0.5) is 4.79 Å². The van der Waals surface area contributed by atoms with Crippen molar-refractivity contribution in [3.8, 4) is 0 Å². The number of carbonyl (C=O) groups is 9. The number of rotatable bonds is 28. The summed E-state index contributed by atoms with van der Waals surface area (Å²) in [6.07, 6.45) is -1.32. The maximum atomic E-state index is 13.2. The highest BCUT2D eigenvalue weighted by atomic mass is 32.2. The van der Waals surface area contributed by atoms with Gasteiger partial charge in [-0.25, -0.2) is 4.79 Å². The van der Waals surface area contributed by atoms with E-state index in [1.165, 1.54) is 20.9 Å². The SMILES string of the molecule is CNC(=O)CCC(=O)C(CO)NC(=O)C(CO)CC(=O)C(CO)NC(=O)C(CC(=O)C(C)NC(=O)C(CO)CC(=O)CCCCC1SCC2NC(=O)NC21)C(C)O. The number of carbonyl (C=O) groups excluding carboxylic acids is 9. The Labute approximate surface area is 334 Å². The summed E-state index contributed by atoms with van der Waals surface area (Å²) in [5, 5.41) is 64.6. The van der Waals surface area contributed by atoms with E-state index in [2.05, 4.69) is 31.9 Å². The average Bonchev–Trinajstić information content (AvgIpc) is 3.74. The number of hydrogen-bond donors (Lipinski definition) is 11. The molecule has 2 heterocycles. The van der Waals surface area contributed by atoms with E-state index in [1.807, 2.05) is 0 Å². The first-order chi connectivity index (χ1) is 27.0. The molecule has 0 aromatic rings. The van der Waals surface area contributed by atoms with Crippen LogP contribution in [0, 0.1) is 17.8 Å². The van der Waals surface area contributed by atoms with Gasteiger partial charge in [0, 0.05) is 56.6 Å². The third kappa shape index (κ3) is 15.7. The molecule has 10 unspecified atom stereocenters. The van der Waals surface area contributed by atoms with Crippen molar-refractivity contribution in [3.63, 3.8) is 0 Å². The molecule has 322 valence electrons. The summed E-state index contributed by atoms with van der Waals surface area (Å²) in [7, 11) is 1.37. The maximum Gasteiger partial charge on any atom is 0.315 e. The molecule has 2 aliphatic rings. The van der Waals surface area contributed by atoms with Gasteiger partial charge in [-0.1, -0.05) is 6.42 Å². The van der Waals surface area contributed by atoms with Gasteiger partial charge in [-0.05, 0) is 26.7 Å². The second-order valence-corrected chi connectivity index (χ2v) is 15.7. The molecule has 6 amide bonds. The number of aliphatic hydroxyl groups is 5. The molecule has 57 heavy (non-hydrogen) atoms. The number of urea groups is 1. The number of hydrogen-bond acceptors (Lipinski definition) is 15. The summed E-state index contributed by atoms with van der Waals surface area (Å²) < 4.78 is 0. The first-order valence-electron chi connectivity index (χ1n) is 19.0. The second-order valence-electron chi connectivity index (χ2n) is 14.4. The first-order valence-corrected chi connectivity index (χ1v) is 20.1. The Hall–Kier alpha value is -4.02. The van der Waals surface area contributed by atoms with E-state index in [9.17, 15) is 68.7 Å². The van der Waals surface area contributed by atoms with Gasteiger partial charge in [0.1, 0.15) is 17.9 Å². The van der Waals surface area contributed by atoms with Crippen LogP contribution in [0.3, 0.4) is 0 Å². The van der Waals surface area contributed by atoms with Crippen LogP contribution in [-0.4, -0.2) is 159 Å². The number of unbranched alkanes of at least 4 members (excludes halogenated alkanes) is 1. The Bertz CT molecular complexity index is 1450. The molecule has 0 aliphatic carbocycles. The zero-order valence-corrected chi connectivity index (χ0v) is 33.3. The predicted octanol–water partition coefficient (Wildman–Crippen LogP) is -3.64. The van der Waals surface area contributed by atoms with Crippen LogP contribution < -0.4 is 31.9 Å². The van der Waals surface area contributed by atoms with E-state index >= 15 is 0 Å². The number of fused-ring (bicyclic) bond motifs is 1. The lowest BCUT2D eigenvalue weighted by Crippen LogP contribution is -2.51. The van der Waals surface area contributed by atoms with Gasteiger partial charge in [0.25, 0.3) is 0 Å². The fourth-order valence-electron chi connectivity index (χ4n) is 6.40. The molecule has 0 aromatic carbocycles. The standard InChI is InChI=1S/C36H58N6O14S/c1-18(38-33(53)20(13-43)10-22(48)6-4-5-7-30-32-26(17-57-30)41-36(56)42-32)28(50)12-23(19(2)47)35(55)40-25(16-46)29(51)11-21(14-44)34(54)39-24(15-45)27(49)8-9-31(52)37-3/h18-21,23-26,30,32,43-47H,4-17H2,1-3H3,(H,37,52)(H,38,53)(H,39,54)(H,40,55)(H2,41,42,56). The second kappa shape index (κ2) is 24.7. The number of ketones is 4. The van der Waals surface area contributed by atoms with Crippen LogP contribution in [0.1, 0.15) is 71.6 Å². The Kier molecular flexibility index (Phi) is 21.3. The van der Waals surface area contributed by atoms with Gasteiger partial charge in [-0.2, -0.15) is 11.8 Å². The highest BCUT2D eigenvalue weighted by molar-refractivity contribution is 8.00. The third-order valence-electron chi connectivity index (χ3n) is 10.1. The Morgan fingerprint density at radius 2 is 1.32 bits per heavy atom. The number of nitrogens with one attached hydrogen (secondary N) is 6. The number of amides is 6. The maximum absolute atomic E-state index is 13.2. The topological polar surface area (TPSA) is 327 Å². The van der Waals surface area contributed by atoms with E-state index < -0.39 is 122 Å². The summed E-state index contributed by atoms with van der Waals surface area (Å²) in [6, 6.07) is -4.31. The van der Waals surface area contributed by atoms with Crippen molar-refractivity contribution in [2.24, 2.45) is 17.8 Å². The van der Waals surface area contributed by atoms with Gasteiger partial charge in [0.15, 0.2) is 17.3 Å². The van der Waals surface area contributed by atoms with Gasteiger partial charge in [-0.3, -0.25) is 38.4 Å². The van der Waals surface area contributed by atoms with E-state index in [0.717, 1.165) is 18.6 Å². The highest BCUT2D eigenvalue weighted by Gasteiger charge is 2.42. The molecular formula is C36H58N6O14S. The van der Waals surface area contributed by atoms with Crippen molar-refractivity contribution in [2.45, 2.75) is 113 Å². The fourth-order valence-corrected chi connectivity index (χ4v) is 7.94. The van der Waals surface area contributed by atoms with Crippen molar-refractivity contribution in [1.82, 2.24) is 31.9 Å². The molecule has 2 aliphatic heterocycles. The lowest BCUT2D eigenvalue weighted by Gasteiger charge is -2.25. The van der Waals surface area contributed by atoms with Crippen molar-refractivity contribution in [2.75, 3.05) is 39.2 Å². The summed E-state index contributed by atoms with van der Waals surface area (Å²) in [4.78, 5) is 113. The molecule has 10 atom stereocenters. The molecule has 11 N–H and O–H groups in total. The van der Waals surface area contributed by atoms with E-state index in [1.54, 1.807) is 11.8 Å². The minimum Gasteiger partial charge on any atom is -0.396 e. The molecule has 0 bridgehead atoms. The zero-order valence-electron chi connectivity index (χ0n) is 32.5. The number of Topliss-reactive ketones (excluding diaryl/α,β-unsaturated/α-hetero) is 4. The fraction of sp³-hybridized carbons (Fsp3) is 0.750. The first kappa shape index (κ1) is 49.1. The minimum atomic E-state index is -1.64. The van der Waals surface area contributed by atoms with Gasteiger partial charge in [0.2, 0.25) is 23.6 Å². The largest absolute Gasteiger partial charge is 0.396 e. The van der Waals surface area contributed by atoms with Crippen LogP contribution >= 0.6 is 11.8 Å². The summed E-state index contributed by atoms with van der Waals surface area (Å²) >= 11 is 1.76. The number of thioether (sulfide) groups is 1. The third-order valence-corrected chi connectivity index (χ3v) is 11.6. The molecule has 0 spiro atoms. The van der Waals surface area contributed by atoms with Gasteiger partial charge in [-0.15, -0.1) is 0 Å². The lowest BCUT2D eigenvalue weighted by atomic mass is 9.92. The summed E-state index contributed by atoms with van der Waals surface area (Å²) in [5.41, 5.74) is 0. The molecule has 0 saturated carbocycles. The molecular weight excluding hydrogens is 772 g/mol. The van der Waals surface area contributed by atoms with Crippen LogP contribution in [0.25, 0.3) is 0 Å². The molecule has 2 rings (SSSR count). The van der Waals surface area contributed by atoms with Crippen molar-refractivity contribution >= 4 is 64.6 Å². The van der Waals surface area contributed by atoms with E-state index in [4.69, 9.17) is 0 Å².